The highest BCUT2D eigenvalue weighted by Crippen LogP contribution is 2.37. The molecule has 0 saturated carbocycles. The van der Waals surface area contributed by atoms with Crippen molar-refractivity contribution < 1.29 is 17.6 Å². The second-order valence-corrected chi connectivity index (χ2v) is 8.33. The van der Waals surface area contributed by atoms with Crippen LogP contribution in [0.3, 0.4) is 0 Å². The highest BCUT2D eigenvalue weighted by molar-refractivity contribution is 7.78. The van der Waals surface area contributed by atoms with E-state index >= 15 is 4.39 Å². The van der Waals surface area contributed by atoms with Crippen molar-refractivity contribution >= 4 is 23.1 Å². The van der Waals surface area contributed by atoms with Crippen molar-refractivity contribution in [1.29, 1.82) is 0 Å². The molecule has 0 radical (unpaired) electrons. The molecule has 3 aromatic rings. The van der Waals surface area contributed by atoms with Crippen LogP contribution in [0, 0.1) is 29.2 Å². The van der Waals surface area contributed by atoms with Gasteiger partial charge in [0.2, 0.25) is 0 Å². The highest BCUT2D eigenvalue weighted by atomic mass is 32.1. The fourth-order valence-corrected chi connectivity index (χ4v) is 4.65. The first-order valence-electron chi connectivity index (χ1n) is 10.6. The predicted molar refractivity (Wildman–Crippen MR) is 122 cm³/mol. The van der Waals surface area contributed by atoms with Crippen LogP contribution >= 0.6 is 12.2 Å². The van der Waals surface area contributed by atoms with E-state index in [2.05, 4.69) is 24.1 Å². The molecule has 0 aliphatic heterocycles. The number of benzene rings is 3. The molecule has 1 aliphatic carbocycles. The Morgan fingerprint density at radius 1 is 0.938 bits per heavy atom. The van der Waals surface area contributed by atoms with Gasteiger partial charge < -0.3 is 0 Å². The molecule has 0 aromatic heterocycles. The van der Waals surface area contributed by atoms with Gasteiger partial charge >= 0.3 is 0 Å². The zero-order valence-electron chi connectivity index (χ0n) is 17.5. The molecule has 1 aliphatic rings. The Morgan fingerprint density at radius 3 is 2.22 bits per heavy atom. The van der Waals surface area contributed by atoms with Crippen LogP contribution in [-0.4, -0.2) is 5.16 Å². The Bertz CT molecular complexity index is 1190. The van der Waals surface area contributed by atoms with Gasteiger partial charge in [0, 0.05) is 0 Å². The quantitative estimate of drug-likeness (QED) is 0.214. The van der Waals surface area contributed by atoms with Gasteiger partial charge in [-0.3, -0.25) is 0 Å². The molecule has 0 bridgehead atoms. The second kappa shape index (κ2) is 9.35. The fraction of sp³-hybridized carbons (Fsp3) is 0.269. The second-order valence-electron chi connectivity index (χ2n) is 8.15. The van der Waals surface area contributed by atoms with E-state index in [1.165, 1.54) is 6.07 Å². The predicted octanol–water partition coefficient (Wildman–Crippen LogP) is 8.22. The van der Waals surface area contributed by atoms with Crippen molar-refractivity contribution in [3.63, 3.8) is 0 Å². The molecule has 164 valence electrons. The molecule has 4 rings (SSSR count). The summed E-state index contributed by atoms with van der Waals surface area (Å²) < 4.78 is 58.5. The van der Waals surface area contributed by atoms with Crippen LogP contribution in [0.2, 0.25) is 0 Å². The molecule has 1 nitrogen and oxygen atoms in total. The van der Waals surface area contributed by atoms with Gasteiger partial charge in [-0.25, -0.2) is 17.6 Å². The molecule has 32 heavy (non-hydrogen) atoms. The van der Waals surface area contributed by atoms with E-state index in [1.54, 1.807) is 24.3 Å². The van der Waals surface area contributed by atoms with E-state index < -0.39 is 29.0 Å². The van der Waals surface area contributed by atoms with E-state index in [0.717, 1.165) is 37.0 Å². The smallest absolute Gasteiger partial charge is 0.153 e. The SMILES string of the molecule is CCCC1CCc2c(cc(F)c(-c3ccc(-c4cc(F)c(N=C=S)c(F)c4)cc3)c2F)C1. The van der Waals surface area contributed by atoms with Crippen molar-refractivity contribution in [2.45, 2.75) is 39.0 Å². The highest BCUT2D eigenvalue weighted by Gasteiger charge is 2.25. The molecule has 1 atom stereocenters. The first kappa shape index (κ1) is 22.4. The van der Waals surface area contributed by atoms with Crippen LogP contribution < -0.4 is 0 Å². The summed E-state index contributed by atoms with van der Waals surface area (Å²) in [7, 11) is 0. The summed E-state index contributed by atoms with van der Waals surface area (Å²) in [5, 5.41) is 1.95. The van der Waals surface area contributed by atoms with Gasteiger partial charge in [-0.2, -0.15) is 4.99 Å². The zero-order chi connectivity index (χ0) is 22.8. The van der Waals surface area contributed by atoms with E-state index in [4.69, 9.17) is 0 Å². The molecule has 1 unspecified atom stereocenters. The van der Waals surface area contributed by atoms with Crippen LogP contribution in [0.15, 0.2) is 47.5 Å². The van der Waals surface area contributed by atoms with Crippen LogP contribution in [0.1, 0.15) is 37.3 Å². The van der Waals surface area contributed by atoms with Crippen LogP contribution in [0.5, 0.6) is 0 Å². The maximum atomic E-state index is 15.3. The molecule has 0 fully saturated rings. The lowest BCUT2D eigenvalue weighted by molar-refractivity contribution is 0.412. The third kappa shape index (κ3) is 4.25. The maximum Gasteiger partial charge on any atom is 0.153 e. The van der Waals surface area contributed by atoms with Gasteiger partial charge in [-0.15, -0.1) is 0 Å². The number of rotatable bonds is 5. The average Bonchev–Trinajstić information content (AvgIpc) is 2.76. The molecule has 0 spiro atoms. The van der Waals surface area contributed by atoms with Gasteiger partial charge in [-0.05, 0) is 83.4 Å². The van der Waals surface area contributed by atoms with Crippen molar-refractivity contribution in [3.8, 4) is 22.3 Å². The number of hydrogen-bond donors (Lipinski definition) is 0. The van der Waals surface area contributed by atoms with Crippen molar-refractivity contribution in [2.75, 3.05) is 0 Å². The van der Waals surface area contributed by atoms with Gasteiger partial charge in [0.25, 0.3) is 0 Å². The lowest BCUT2D eigenvalue weighted by Gasteiger charge is -2.26. The fourth-order valence-electron chi connectivity index (χ4n) is 4.56. The minimum atomic E-state index is -0.866. The summed E-state index contributed by atoms with van der Waals surface area (Å²) in [6.45, 7) is 2.12. The maximum absolute atomic E-state index is 15.3. The van der Waals surface area contributed by atoms with Crippen molar-refractivity contribution in [2.24, 2.45) is 10.9 Å². The van der Waals surface area contributed by atoms with Crippen LogP contribution in [0.25, 0.3) is 22.3 Å². The molecule has 6 heteroatoms. The van der Waals surface area contributed by atoms with E-state index in [1.807, 2.05) is 5.16 Å². The number of halogens is 4. The largest absolute Gasteiger partial charge is 0.206 e. The van der Waals surface area contributed by atoms with Crippen LogP contribution in [-0.2, 0) is 12.8 Å². The Morgan fingerprint density at radius 2 is 1.59 bits per heavy atom. The summed E-state index contributed by atoms with van der Waals surface area (Å²) in [6, 6.07) is 10.0. The van der Waals surface area contributed by atoms with E-state index in [0.29, 0.717) is 35.4 Å². The van der Waals surface area contributed by atoms with Gasteiger partial charge in [0.15, 0.2) is 11.6 Å². The number of hydrogen-bond acceptors (Lipinski definition) is 2. The monoisotopic (exact) mass is 455 g/mol. The average molecular weight is 456 g/mol. The van der Waals surface area contributed by atoms with Gasteiger partial charge in [0.05, 0.1) is 10.7 Å². The number of isothiocyanates is 1. The number of thiocarbonyl (C=S) groups is 1. The molecule has 0 saturated heterocycles. The molecule has 0 N–H and O–H groups in total. The number of aliphatic imine (C=N–C) groups is 1. The van der Waals surface area contributed by atoms with E-state index in [-0.39, 0.29) is 11.1 Å². The van der Waals surface area contributed by atoms with E-state index in [9.17, 15) is 13.2 Å². The molecular weight excluding hydrogens is 434 g/mol. The minimum absolute atomic E-state index is 0.0627. The number of nitrogens with zero attached hydrogens (tertiary/aromatic N) is 1. The summed E-state index contributed by atoms with van der Waals surface area (Å²) in [6.07, 6.45) is 4.34. The Hall–Kier alpha value is -2.82. The van der Waals surface area contributed by atoms with Gasteiger partial charge in [-0.1, -0.05) is 44.0 Å². The molecular formula is C26H21F4NS. The van der Waals surface area contributed by atoms with Crippen molar-refractivity contribution in [1.82, 2.24) is 0 Å². The third-order valence-electron chi connectivity index (χ3n) is 6.10. The standard InChI is InChI=1S/C26H21F4NS/c1-2-3-15-4-9-20-19(10-15)13-21(27)24(25(20)30)17-7-5-16(6-8-17)18-11-22(28)26(31-14-32)23(29)12-18/h5-8,11-13,15H,2-4,9-10H2,1H3. The summed E-state index contributed by atoms with van der Waals surface area (Å²) in [5.74, 6) is -2.37. The molecule has 3 aromatic carbocycles. The Labute approximate surface area is 189 Å². The molecule has 0 amide bonds. The third-order valence-corrected chi connectivity index (χ3v) is 6.19. The van der Waals surface area contributed by atoms with Crippen LogP contribution in [0.4, 0.5) is 23.2 Å². The summed E-state index contributed by atoms with van der Waals surface area (Å²) in [5.41, 5.74) is 1.96. The first-order valence-corrected chi connectivity index (χ1v) is 11.0. The van der Waals surface area contributed by atoms with Gasteiger partial charge in [0.1, 0.15) is 17.3 Å². The normalized spacial score (nSPS) is 15.2. The topological polar surface area (TPSA) is 12.4 Å². The molecule has 0 heterocycles. The summed E-state index contributed by atoms with van der Waals surface area (Å²) in [4.78, 5) is 3.40. The first-order chi connectivity index (χ1) is 15.4. The number of fused-ring (bicyclic) bond motifs is 1. The zero-order valence-corrected chi connectivity index (χ0v) is 18.3. The lowest BCUT2D eigenvalue weighted by atomic mass is 9.80. The summed E-state index contributed by atoms with van der Waals surface area (Å²) >= 11 is 4.40. The van der Waals surface area contributed by atoms with Crippen molar-refractivity contribution in [3.05, 3.63) is 76.9 Å². The Balaban J connectivity index is 1.68. The lowest BCUT2D eigenvalue weighted by Crippen LogP contribution is -2.16. The minimum Gasteiger partial charge on any atom is -0.206 e. The Kier molecular flexibility index (Phi) is 6.54.